The molecule has 0 aromatic heterocycles. The van der Waals surface area contributed by atoms with E-state index in [0.717, 1.165) is 0 Å². The average Bonchev–Trinajstić information content (AvgIpc) is 2.04. The Morgan fingerprint density at radius 2 is 2.08 bits per heavy atom. The molecule has 3 heteroatoms. The van der Waals surface area contributed by atoms with E-state index in [1.807, 2.05) is 6.92 Å². The molecule has 3 unspecified atom stereocenters. The summed E-state index contributed by atoms with van der Waals surface area (Å²) < 4.78 is 5.39. The van der Waals surface area contributed by atoms with Crippen molar-refractivity contribution >= 4 is 0 Å². The van der Waals surface area contributed by atoms with Gasteiger partial charge in [0.25, 0.3) is 0 Å². The van der Waals surface area contributed by atoms with E-state index in [9.17, 15) is 0 Å². The number of hydrogen-bond acceptors (Lipinski definition) is 3. The van der Waals surface area contributed by atoms with Crippen LogP contribution in [0.5, 0.6) is 0 Å². The Morgan fingerprint density at radius 1 is 1.58 bits per heavy atom. The van der Waals surface area contributed by atoms with E-state index < -0.39 is 11.7 Å². The molecule has 12 heavy (non-hydrogen) atoms. The van der Waals surface area contributed by atoms with Crippen LogP contribution in [0.15, 0.2) is 0 Å². The molecule has 0 bridgehead atoms. The van der Waals surface area contributed by atoms with Gasteiger partial charge in [0.2, 0.25) is 0 Å². The van der Waals surface area contributed by atoms with Crippen molar-refractivity contribution in [3.05, 3.63) is 0 Å². The molecule has 0 heterocycles. The van der Waals surface area contributed by atoms with E-state index in [4.69, 9.17) is 15.1 Å². The largest absolute Gasteiger partial charge is 0.391 e. The zero-order valence-corrected chi connectivity index (χ0v) is 8.16. The molecule has 0 aromatic rings. The van der Waals surface area contributed by atoms with Gasteiger partial charge in [0.05, 0.1) is 18.3 Å². The Kier molecular flexibility index (Phi) is 4.22. The van der Waals surface area contributed by atoms with Crippen molar-refractivity contribution in [3.63, 3.8) is 0 Å². The van der Waals surface area contributed by atoms with Crippen molar-refractivity contribution < 1.29 is 9.84 Å². The van der Waals surface area contributed by atoms with Crippen LogP contribution >= 0.6 is 0 Å². The Balaban J connectivity index is 4.14. The summed E-state index contributed by atoms with van der Waals surface area (Å²) in [5.41, 5.74) is -0.767. The lowest BCUT2D eigenvalue weighted by Gasteiger charge is -2.26. The molecular formula is C9H17NO2. The highest BCUT2D eigenvalue weighted by molar-refractivity contribution is 4.97. The number of nitrogens with zero attached hydrogens (tertiary/aromatic N) is 1. The maximum atomic E-state index is 9.14. The number of ether oxygens (including phenoxy) is 1. The predicted octanol–water partition coefficient (Wildman–Crippen LogP) is 1.46. The number of aliphatic hydroxyl groups is 1. The van der Waals surface area contributed by atoms with Crippen LogP contribution in [0.1, 0.15) is 34.1 Å². The van der Waals surface area contributed by atoms with Crippen molar-refractivity contribution in [2.45, 2.75) is 51.9 Å². The molecule has 70 valence electrons. The second-order valence-electron chi connectivity index (χ2n) is 3.26. The summed E-state index contributed by atoms with van der Waals surface area (Å²) in [5.74, 6) is 0. The molecule has 0 aromatic carbocycles. The zero-order chi connectivity index (χ0) is 9.78. The summed E-state index contributed by atoms with van der Waals surface area (Å²) in [6, 6.07) is 2.08. The third-order valence-electron chi connectivity index (χ3n) is 2.04. The maximum Gasteiger partial charge on any atom is 0.151 e. The maximum absolute atomic E-state index is 9.14. The topological polar surface area (TPSA) is 53.2 Å². The second kappa shape index (κ2) is 4.44. The minimum absolute atomic E-state index is 0.297. The highest BCUT2D eigenvalue weighted by Gasteiger charge is 2.26. The van der Waals surface area contributed by atoms with Crippen LogP contribution < -0.4 is 0 Å². The van der Waals surface area contributed by atoms with Crippen molar-refractivity contribution in [2.75, 3.05) is 0 Å². The van der Waals surface area contributed by atoms with E-state index in [2.05, 4.69) is 6.07 Å². The Morgan fingerprint density at radius 3 is 2.33 bits per heavy atom. The minimum atomic E-state index is -0.767. The summed E-state index contributed by atoms with van der Waals surface area (Å²) >= 11 is 0. The van der Waals surface area contributed by atoms with E-state index >= 15 is 0 Å². The smallest absolute Gasteiger partial charge is 0.151 e. The molecule has 0 rings (SSSR count). The first-order chi connectivity index (χ1) is 5.45. The highest BCUT2D eigenvalue weighted by atomic mass is 16.5. The van der Waals surface area contributed by atoms with Gasteiger partial charge in [-0.05, 0) is 27.2 Å². The van der Waals surface area contributed by atoms with Gasteiger partial charge in [0, 0.05) is 0 Å². The van der Waals surface area contributed by atoms with E-state index in [1.54, 1.807) is 20.8 Å². The molecule has 0 saturated heterocycles. The first-order valence-electron chi connectivity index (χ1n) is 4.22. The van der Waals surface area contributed by atoms with Crippen LogP contribution in [0.25, 0.3) is 0 Å². The number of aliphatic hydroxyl groups excluding tert-OH is 1. The van der Waals surface area contributed by atoms with Crippen molar-refractivity contribution in [3.8, 4) is 6.07 Å². The quantitative estimate of drug-likeness (QED) is 0.696. The summed E-state index contributed by atoms with van der Waals surface area (Å²) in [6.45, 7) is 7.03. The molecule has 1 N–H and O–H groups in total. The highest BCUT2D eigenvalue weighted by Crippen LogP contribution is 2.17. The molecule has 0 saturated carbocycles. The molecule has 0 fully saturated rings. The summed E-state index contributed by atoms with van der Waals surface area (Å²) in [7, 11) is 0. The molecule has 0 amide bonds. The molecule has 3 atom stereocenters. The fraction of sp³-hybridized carbons (Fsp3) is 0.889. The van der Waals surface area contributed by atoms with E-state index in [0.29, 0.717) is 6.42 Å². The van der Waals surface area contributed by atoms with Gasteiger partial charge in [-0.15, -0.1) is 0 Å². The van der Waals surface area contributed by atoms with Crippen LogP contribution in [0.4, 0.5) is 0 Å². The molecule has 0 spiro atoms. The lowest BCUT2D eigenvalue weighted by Crippen LogP contribution is -2.35. The fourth-order valence-corrected chi connectivity index (χ4v) is 0.697. The molecule has 0 radical (unpaired) electrons. The van der Waals surface area contributed by atoms with Gasteiger partial charge in [-0.2, -0.15) is 5.26 Å². The van der Waals surface area contributed by atoms with Crippen LogP contribution in [-0.2, 0) is 4.74 Å². The van der Waals surface area contributed by atoms with E-state index in [1.165, 1.54) is 0 Å². The molecule has 3 nitrogen and oxygen atoms in total. The van der Waals surface area contributed by atoms with Crippen LogP contribution in [-0.4, -0.2) is 22.9 Å². The van der Waals surface area contributed by atoms with Gasteiger partial charge in [0.15, 0.2) is 5.60 Å². The summed E-state index contributed by atoms with van der Waals surface area (Å²) in [4.78, 5) is 0. The van der Waals surface area contributed by atoms with Gasteiger partial charge < -0.3 is 9.84 Å². The lowest BCUT2D eigenvalue weighted by atomic mass is 10.1. The van der Waals surface area contributed by atoms with Crippen LogP contribution in [0.2, 0.25) is 0 Å². The van der Waals surface area contributed by atoms with Gasteiger partial charge in [0.1, 0.15) is 0 Å². The third kappa shape index (κ3) is 3.21. The van der Waals surface area contributed by atoms with E-state index in [-0.39, 0.29) is 6.10 Å². The normalized spacial score (nSPS) is 20.7. The van der Waals surface area contributed by atoms with Crippen molar-refractivity contribution in [1.29, 1.82) is 5.26 Å². The monoisotopic (exact) mass is 171 g/mol. The first-order valence-corrected chi connectivity index (χ1v) is 4.22. The van der Waals surface area contributed by atoms with Gasteiger partial charge in [-0.25, -0.2) is 0 Å². The second-order valence-corrected chi connectivity index (χ2v) is 3.26. The van der Waals surface area contributed by atoms with Crippen molar-refractivity contribution in [1.82, 2.24) is 0 Å². The number of hydrogen-bond donors (Lipinski definition) is 1. The van der Waals surface area contributed by atoms with Crippen LogP contribution in [0, 0.1) is 11.3 Å². The molecular weight excluding hydrogens is 154 g/mol. The zero-order valence-electron chi connectivity index (χ0n) is 8.16. The van der Waals surface area contributed by atoms with Gasteiger partial charge in [-0.3, -0.25) is 0 Å². The fourth-order valence-electron chi connectivity index (χ4n) is 0.697. The first kappa shape index (κ1) is 11.4. The predicted molar refractivity (Wildman–Crippen MR) is 46.5 cm³/mol. The minimum Gasteiger partial charge on any atom is -0.391 e. The number of nitriles is 1. The molecule has 0 aliphatic carbocycles. The van der Waals surface area contributed by atoms with Crippen molar-refractivity contribution in [2.24, 2.45) is 0 Å². The summed E-state index contributed by atoms with van der Waals surface area (Å²) in [6.07, 6.45) is -0.209. The average molecular weight is 171 g/mol. The third-order valence-corrected chi connectivity index (χ3v) is 2.04. The number of rotatable bonds is 4. The van der Waals surface area contributed by atoms with Crippen LogP contribution in [0.3, 0.4) is 0 Å². The molecule has 0 aliphatic heterocycles. The van der Waals surface area contributed by atoms with Gasteiger partial charge >= 0.3 is 0 Å². The lowest BCUT2D eigenvalue weighted by molar-refractivity contribution is -0.0885. The Hall–Kier alpha value is -0.590. The van der Waals surface area contributed by atoms with Gasteiger partial charge in [-0.1, -0.05) is 6.92 Å². The summed E-state index contributed by atoms with van der Waals surface area (Å²) in [5, 5.41) is 17.9. The Labute approximate surface area is 74.0 Å². The SMILES string of the molecule is CCC(C)(C#N)OC(C)C(C)O. The Bertz CT molecular complexity index is 174. The standard InChI is InChI=1S/C9H17NO2/c1-5-9(4,6-10)12-8(3)7(2)11/h7-8,11H,5H2,1-4H3. The molecule has 0 aliphatic rings.